The number of rotatable bonds is 5. The normalized spacial score (nSPS) is 12.4. The molecule has 0 amide bonds. The number of nitrogens with one attached hydrogen (secondary N) is 1. The Hall–Kier alpha value is -1.71. The third-order valence-electron chi connectivity index (χ3n) is 3.56. The van der Waals surface area contributed by atoms with Gasteiger partial charge in [-0.25, -0.2) is 0 Å². The van der Waals surface area contributed by atoms with Gasteiger partial charge in [-0.3, -0.25) is 16.3 Å². The Kier molecular flexibility index (Phi) is 4.88. The predicted molar refractivity (Wildman–Crippen MR) is 83.3 cm³/mol. The summed E-state index contributed by atoms with van der Waals surface area (Å²) >= 11 is 0. The van der Waals surface area contributed by atoms with Crippen LogP contribution in [0, 0.1) is 13.8 Å². The molecule has 1 aromatic carbocycles. The van der Waals surface area contributed by atoms with Crippen molar-refractivity contribution >= 4 is 0 Å². The molecule has 3 N–H and O–H groups in total. The molecule has 0 bridgehead atoms. The minimum absolute atomic E-state index is 0.0913. The molecular weight excluding hydrogens is 246 g/mol. The number of aromatic nitrogens is 1. The summed E-state index contributed by atoms with van der Waals surface area (Å²) in [5.74, 6) is 5.73. The fraction of sp³-hybridized carbons (Fsp3) is 0.353. The van der Waals surface area contributed by atoms with Crippen LogP contribution in [0.4, 0.5) is 0 Å². The van der Waals surface area contributed by atoms with Crippen LogP contribution in [-0.2, 0) is 12.8 Å². The lowest BCUT2D eigenvalue weighted by atomic mass is 9.98. The Bertz CT molecular complexity index is 541. The zero-order valence-corrected chi connectivity index (χ0v) is 12.5. The van der Waals surface area contributed by atoms with Crippen LogP contribution >= 0.6 is 0 Å². The first-order valence-electron chi connectivity index (χ1n) is 7.10. The van der Waals surface area contributed by atoms with E-state index in [0.717, 1.165) is 18.5 Å². The van der Waals surface area contributed by atoms with Crippen LogP contribution in [0.25, 0.3) is 0 Å². The number of hydrazine groups is 1. The molecule has 0 radical (unpaired) electrons. The summed E-state index contributed by atoms with van der Waals surface area (Å²) in [7, 11) is 0. The summed E-state index contributed by atoms with van der Waals surface area (Å²) in [4.78, 5) is 4.51. The molecule has 0 aliphatic carbocycles. The summed E-state index contributed by atoms with van der Waals surface area (Å²) in [6.07, 6.45) is 3.76. The number of hydrogen-bond donors (Lipinski definition) is 2. The first kappa shape index (κ1) is 14.7. The predicted octanol–water partition coefficient (Wildman–Crippen LogP) is 3.01. The van der Waals surface area contributed by atoms with Gasteiger partial charge in [-0.15, -0.1) is 0 Å². The SMILES string of the molecule is CCc1ccc(CC(NN)c2cc(C)cc(C)c2)nc1. The number of aryl methyl sites for hydroxylation is 3. The molecule has 1 heterocycles. The van der Waals surface area contributed by atoms with Crippen molar-refractivity contribution in [1.82, 2.24) is 10.4 Å². The Labute approximate surface area is 121 Å². The van der Waals surface area contributed by atoms with Gasteiger partial charge in [0.25, 0.3) is 0 Å². The second-order valence-corrected chi connectivity index (χ2v) is 5.36. The van der Waals surface area contributed by atoms with Crippen LogP contribution in [-0.4, -0.2) is 4.98 Å². The maximum Gasteiger partial charge on any atom is 0.0515 e. The molecular formula is C17H23N3. The Balaban J connectivity index is 2.19. The highest BCUT2D eigenvalue weighted by atomic mass is 15.2. The molecule has 3 heteroatoms. The lowest BCUT2D eigenvalue weighted by Crippen LogP contribution is -2.30. The van der Waals surface area contributed by atoms with Gasteiger partial charge in [0, 0.05) is 18.3 Å². The van der Waals surface area contributed by atoms with Crippen molar-refractivity contribution in [2.24, 2.45) is 5.84 Å². The molecule has 2 aromatic rings. The third kappa shape index (κ3) is 3.65. The summed E-state index contributed by atoms with van der Waals surface area (Å²) in [5, 5.41) is 0. The minimum atomic E-state index is 0.0913. The second-order valence-electron chi connectivity index (χ2n) is 5.36. The molecule has 1 aromatic heterocycles. The van der Waals surface area contributed by atoms with Crippen LogP contribution in [0.2, 0.25) is 0 Å². The van der Waals surface area contributed by atoms with E-state index in [1.54, 1.807) is 0 Å². The van der Waals surface area contributed by atoms with Crippen molar-refractivity contribution in [2.75, 3.05) is 0 Å². The van der Waals surface area contributed by atoms with Crippen molar-refractivity contribution < 1.29 is 0 Å². The number of benzene rings is 1. The molecule has 106 valence electrons. The fourth-order valence-electron chi connectivity index (χ4n) is 2.48. The van der Waals surface area contributed by atoms with Crippen molar-refractivity contribution in [3.8, 4) is 0 Å². The van der Waals surface area contributed by atoms with Crippen LogP contribution in [0.1, 0.15) is 40.9 Å². The van der Waals surface area contributed by atoms with E-state index in [1.807, 2.05) is 6.20 Å². The monoisotopic (exact) mass is 269 g/mol. The Morgan fingerprint density at radius 2 is 1.85 bits per heavy atom. The molecule has 0 saturated carbocycles. The zero-order chi connectivity index (χ0) is 14.5. The highest BCUT2D eigenvalue weighted by Crippen LogP contribution is 2.20. The molecule has 3 nitrogen and oxygen atoms in total. The smallest absolute Gasteiger partial charge is 0.0515 e. The van der Waals surface area contributed by atoms with Crippen LogP contribution in [0.3, 0.4) is 0 Å². The van der Waals surface area contributed by atoms with Gasteiger partial charge < -0.3 is 0 Å². The largest absolute Gasteiger partial charge is 0.271 e. The molecule has 0 aliphatic heterocycles. The quantitative estimate of drug-likeness (QED) is 0.648. The molecule has 0 fully saturated rings. The summed E-state index contributed by atoms with van der Waals surface area (Å²) in [6, 6.07) is 10.8. The topological polar surface area (TPSA) is 50.9 Å². The summed E-state index contributed by atoms with van der Waals surface area (Å²) in [5.41, 5.74) is 8.96. The minimum Gasteiger partial charge on any atom is -0.271 e. The van der Waals surface area contributed by atoms with Gasteiger partial charge in [-0.05, 0) is 37.5 Å². The lowest BCUT2D eigenvalue weighted by Gasteiger charge is -2.17. The Morgan fingerprint density at radius 3 is 2.35 bits per heavy atom. The first-order chi connectivity index (χ1) is 9.62. The number of nitrogens with two attached hydrogens (primary N) is 1. The maximum atomic E-state index is 5.73. The van der Waals surface area contributed by atoms with Gasteiger partial charge in [0.15, 0.2) is 0 Å². The maximum absolute atomic E-state index is 5.73. The second kappa shape index (κ2) is 6.64. The standard InChI is InChI=1S/C17H23N3/c1-4-14-5-6-16(19-11-14)10-17(20-18)15-8-12(2)7-13(3)9-15/h5-9,11,17,20H,4,10,18H2,1-3H3. The van der Waals surface area contributed by atoms with E-state index in [1.165, 1.54) is 22.3 Å². The molecule has 20 heavy (non-hydrogen) atoms. The van der Waals surface area contributed by atoms with Crippen molar-refractivity contribution in [2.45, 2.75) is 39.7 Å². The van der Waals surface area contributed by atoms with Crippen LogP contribution in [0.15, 0.2) is 36.5 Å². The van der Waals surface area contributed by atoms with E-state index in [2.05, 4.69) is 61.5 Å². The first-order valence-corrected chi connectivity index (χ1v) is 7.10. The fourth-order valence-corrected chi connectivity index (χ4v) is 2.48. The number of pyridine rings is 1. The van der Waals surface area contributed by atoms with Gasteiger partial charge in [0.1, 0.15) is 0 Å². The van der Waals surface area contributed by atoms with E-state index < -0.39 is 0 Å². The van der Waals surface area contributed by atoms with E-state index >= 15 is 0 Å². The van der Waals surface area contributed by atoms with Crippen molar-refractivity contribution in [1.29, 1.82) is 0 Å². The molecule has 0 aliphatic rings. The molecule has 0 saturated heterocycles. The van der Waals surface area contributed by atoms with Gasteiger partial charge in [0.2, 0.25) is 0 Å². The van der Waals surface area contributed by atoms with E-state index in [9.17, 15) is 0 Å². The highest BCUT2D eigenvalue weighted by molar-refractivity contribution is 5.31. The van der Waals surface area contributed by atoms with E-state index in [-0.39, 0.29) is 6.04 Å². The average Bonchev–Trinajstić information content (AvgIpc) is 2.44. The molecule has 0 spiro atoms. The van der Waals surface area contributed by atoms with E-state index in [4.69, 9.17) is 5.84 Å². The van der Waals surface area contributed by atoms with Crippen LogP contribution in [0.5, 0.6) is 0 Å². The Morgan fingerprint density at radius 1 is 1.15 bits per heavy atom. The van der Waals surface area contributed by atoms with Gasteiger partial charge in [0.05, 0.1) is 6.04 Å². The van der Waals surface area contributed by atoms with Crippen molar-refractivity contribution in [3.05, 3.63) is 64.5 Å². The summed E-state index contributed by atoms with van der Waals surface area (Å²) in [6.45, 7) is 6.35. The third-order valence-corrected chi connectivity index (χ3v) is 3.56. The summed E-state index contributed by atoms with van der Waals surface area (Å²) < 4.78 is 0. The van der Waals surface area contributed by atoms with Gasteiger partial charge >= 0.3 is 0 Å². The lowest BCUT2D eigenvalue weighted by molar-refractivity contribution is 0.545. The van der Waals surface area contributed by atoms with Crippen molar-refractivity contribution in [3.63, 3.8) is 0 Å². The highest BCUT2D eigenvalue weighted by Gasteiger charge is 2.12. The molecule has 1 atom stereocenters. The van der Waals surface area contributed by atoms with Crippen LogP contribution < -0.4 is 11.3 Å². The van der Waals surface area contributed by atoms with Gasteiger partial charge in [-0.1, -0.05) is 42.3 Å². The zero-order valence-electron chi connectivity index (χ0n) is 12.5. The van der Waals surface area contributed by atoms with Gasteiger partial charge in [-0.2, -0.15) is 0 Å². The number of hydrogen-bond acceptors (Lipinski definition) is 3. The van der Waals surface area contributed by atoms with E-state index in [0.29, 0.717) is 0 Å². The number of nitrogens with zero attached hydrogens (tertiary/aromatic N) is 1. The molecule has 2 rings (SSSR count). The average molecular weight is 269 g/mol. The molecule has 1 unspecified atom stereocenters.